The number of unbranched alkanes of at least 4 members (excludes halogenated alkanes) is 1. The molecule has 11 atom stereocenters. The van der Waals surface area contributed by atoms with Crippen molar-refractivity contribution in [2.24, 2.45) is 11.7 Å². The van der Waals surface area contributed by atoms with E-state index in [1.165, 1.54) is 21.9 Å². The number of hydrogen-bond donors (Lipinski definition) is 8. The second-order valence-electron chi connectivity index (χ2n) is 23.8. The molecule has 4 aliphatic rings. The minimum absolute atomic E-state index is 0.105. The van der Waals surface area contributed by atoms with Crippen molar-refractivity contribution in [1.29, 1.82) is 0 Å². The van der Waals surface area contributed by atoms with Crippen molar-refractivity contribution >= 4 is 53.2 Å². The van der Waals surface area contributed by atoms with E-state index in [9.17, 15) is 47.5 Å². The van der Waals surface area contributed by atoms with E-state index >= 15 is 0 Å². The third kappa shape index (κ3) is 15.9. The van der Waals surface area contributed by atoms with Crippen LogP contribution < -0.4 is 43.0 Å². The number of rotatable bonds is 25. The smallest absolute Gasteiger partial charge is 0.246 e. The van der Waals surface area contributed by atoms with Crippen LogP contribution in [0.25, 0.3) is 0 Å². The number of likely N-dealkylation sites (tertiary alicyclic amines) is 2. The van der Waals surface area contributed by atoms with Gasteiger partial charge in [-0.3, -0.25) is 43.2 Å². The van der Waals surface area contributed by atoms with Gasteiger partial charge in [-0.05, 0) is 143 Å². The third-order valence-electron chi connectivity index (χ3n) is 17.8. The number of nitrogens with one attached hydrogen (secondary N) is 7. The van der Waals surface area contributed by atoms with Gasteiger partial charge in [0.15, 0.2) is 0 Å². The first kappa shape index (κ1) is 64.0. The molecule has 86 heavy (non-hydrogen) atoms. The Balaban J connectivity index is 0.885. The lowest BCUT2D eigenvalue weighted by molar-refractivity contribution is -0.142. The van der Waals surface area contributed by atoms with Crippen LogP contribution in [0, 0.1) is 18.7 Å². The molecule has 9 amide bonds. The molecule has 4 aromatic carbocycles. The first-order chi connectivity index (χ1) is 41.3. The molecule has 2 heterocycles. The Bertz CT molecular complexity index is 3090. The quantitative estimate of drug-likeness (QED) is 0.0438. The van der Waals surface area contributed by atoms with Gasteiger partial charge in [0.05, 0.1) is 17.9 Å². The number of likely N-dealkylation sites (N-methyl/N-ethyl adjacent to an activating group) is 1. The van der Waals surface area contributed by atoms with E-state index in [4.69, 9.17) is 5.73 Å². The van der Waals surface area contributed by atoms with Crippen molar-refractivity contribution in [3.8, 4) is 0 Å². The number of carbonyl (C=O) groups is 9. The number of nitrogens with zero attached hydrogens (tertiary/aromatic N) is 2. The van der Waals surface area contributed by atoms with E-state index in [1.807, 2.05) is 86.6 Å². The molecule has 2 aliphatic heterocycles. The summed E-state index contributed by atoms with van der Waals surface area (Å²) in [6, 6.07) is 21.9. The molecule has 0 unspecified atom stereocenters. The van der Waals surface area contributed by atoms with Crippen LogP contribution in [0.15, 0.2) is 97.1 Å². The van der Waals surface area contributed by atoms with Crippen LogP contribution >= 0.6 is 0 Å². The average molecular weight is 1180 g/mol. The fourth-order valence-corrected chi connectivity index (χ4v) is 12.5. The van der Waals surface area contributed by atoms with Crippen LogP contribution in [0.4, 0.5) is 4.39 Å². The lowest BCUT2D eigenvalue weighted by Crippen LogP contribution is -2.58. The fourth-order valence-electron chi connectivity index (χ4n) is 12.5. The molecule has 2 saturated heterocycles. The Hall–Kier alpha value is -8.00. The van der Waals surface area contributed by atoms with E-state index in [0.29, 0.717) is 94.8 Å². The van der Waals surface area contributed by atoms with Crippen molar-refractivity contribution in [2.75, 3.05) is 26.7 Å². The number of primary amides is 1. The summed E-state index contributed by atoms with van der Waals surface area (Å²) in [5.41, 5.74) is 11.9. The molecule has 2 fully saturated rings. The van der Waals surface area contributed by atoms with Crippen LogP contribution in [0.1, 0.15) is 136 Å². The van der Waals surface area contributed by atoms with Gasteiger partial charge in [-0.1, -0.05) is 104 Å². The summed E-state index contributed by atoms with van der Waals surface area (Å²) in [5, 5.41) is 21.0. The highest BCUT2D eigenvalue weighted by Crippen LogP contribution is 2.35. The van der Waals surface area contributed by atoms with Crippen molar-refractivity contribution < 1.29 is 47.5 Å². The highest BCUT2D eigenvalue weighted by atomic mass is 19.1. The molecule has 460 valence electrons. The maximum absolute atomic E-state index is 14.6. The van der Waals surface area contributed by atoms with Crippen molar-refractivity contribution in [3.05, 3.63) is 142 Å². The zero-order valence-corrected chi connectivity index (χ0v) is 50.1. The Morgan fingerprint density at radius 1 is 0.593 bits per heavy atom. The molecule has 0 aromatic heterocycles. The van der Waals surface area contributed by atoms with Crippen molar-refractivity contribution in [2.45, 2.75) is 178 Å². The molecule has 0 radical (unpaired) electrons. The molecule has 20 heteroatoms. The van der Waals surface area contributed by atoms with E-state index < -0.39 is 95.5 Å². The normalized spacial score (nSPS) is 21.5. The largest absolute Gasteiger partial charge is 0.368 e. The summed E-state index contributed by atoms with van der Waals surface area (Å²) >= 11 is 0. The van der Waals surface area contributed by atoms with Gasteiger partial charge in [0.1, 0.15) is 36.0 Å². The highest BCUT2D eigenvalue weighted by Gasteiger charge is 2.44. The molecular weight excluding hydrogens is 1100 g/mol. The Morgan fingerprint density at radius 2 is 1.08 bits per heavy atom. The van der Waals surface area contributed by atoms with Crippen molar-refractivity contribution in [3.63, 3.8) is 0 Å². The molecule has 19 nitrogen and oxygen atoms in total. The topological polar surface area (TPSA) is 270 Å². The Labute approximate surface area is 503 Å². The first-order valence-electron chi connectivity index (χ1n) is 30.7. The second kappa shape index (κ2) is 29.9. The van der Waals surface area contributed by atoms with Gasteiger partial charge in [-0.15, -0.1) is 0 Å². The number of hydrogen-bond acceptors (Lipinski definition) is 10. The standard InChI is InChI=1S/C66H85FN10O9/c1-6-40(3)59(79)74-52(38-43-26-30-46(67)31-27-43)65(85)76-35-13-20-54(76)61(81)71-49-32-28-44-15-7-9-17-47(44)56(49)63(83)70-34-12-11-19-51(58(68)78)73-64(84)57-48-18-10-8-16-45(48)29-33-50(57)72-62(82)55-21-14-36-77(55)66(86)53(75-60(80)41(4)69-5)37-42-24-22-39(2)23-25-42/h7-10,15-18,22-27,30-31,40-41,49-57,69H,6,11-14,19-21,28-29,32-38H2,1-5H3,(H2,68,78)(H,70,83)(H,71,81)(H,72,82)(H,73,84)(H,74,79)(H,75,80)/t40-,41+,49-,50-,51+,52+,53+,54+,55+,56+,57+/m1/s1. The molecule has 4 aromatic rings. The van der Waals surface area contributed by atoms with Gasteiger partial charge in [-0.25, -0.2) is 4.39 Å². The van der Waals surface area contributed by atoms with Gasteiger partial charge < -0.3 is 52.8 Å². The maximum atomic E-state index is 14.6. The summed E-state index contributed by atoms with van der Waals surface area (Å²) in [7, 11) is 1.66. The van der Waals surface area contributed by atoms with Gasteiger partial charge in [0.25, 0.3) is 0 Å². The summed E-state index contributed by atoms with van der Waals surface area (Å²) in [4.78, 5) is 129. The molecule has 0 spiro atoms. The SMILES string of the molecule is CC[C@@H](C)C(=O)N[C@@H](Cc1ccc(F)cc1)C(=O)N1CCC[C@H]1C(=O)N[C@@H]1CCc2ccccc2[C@@H]1C(=O)NCCCC[C@H](NC(=O)[C@H]1c2ccccc2CC[C@H]1NC(=O)[C@@H]1CCCN1C(=O)[C@H](Cc1ccc(C)cc1)NC(=O)[C@H](C)NC)C(N)=O. The number of aryl methyl sites for hydroxylation is 3. The zero-order chi connectivity index (χ0) is 61.6. The van der Waals surface area contributed by atoms with Gasteiger partial charge in [0, 0.05) is 50.5 Å². The number of carbonyl (C=O) groups excluding carboxylic acids is 9. The lowest BCUT2D eigenvalue weighted by atomic mass is 9.78. The minimum Gasteiger partial charge on any atom is -0.368 e. The molecule has 0 bridgehead atoms. The number of benzene rings is 4. The number of fused-ring (bicyclic) bond motifs is 2. The van der Waals surface area contributed by atoms with Crippen LogP contribution in [0.2, 0.25) is 0 Å². The number of amides is 9. The first-order valence-corrected chi connectivity index (χ1v) is 30.7. The highest BCUT2D eigenvalue weighted by molar-refractivity contribution is 5.96. The third-order valence-corrected chi connectivity index (χ3v) is 17.8. The molecule has 0 saturated carbocycles. The predicted octanol–water partition coefficient (Wildman–Crippen LogP) is 4.21. The van der Waals surface area contributed by atoms with Gasteiger partial charge in [-0.2, -0.15) is 0 Å². The van der Waals surface area contributed by atoms with E-state index in [-0.39, 0.29) is 55.4 Å². The van der Waals surface area contributed by atoms with Crippen LogP contribution in [-0.4, -0.2) is 138 Å². The molecule has 9 N–H and O–H groups in total. The van der Waals surface area contributed by atoms with Crippen molar-refractivity contribution in [1.82, 2.24) is 47.0 Å². The van der Waals surface area contributed by atoms with Gasteiger partial charge >= 0.3 is 0 Å². The summed E-state index contributed by atoms with van der Waals surface area (Å²) in [6.07, 6.45) is 5.77. The average Bonchev–Trinajstić information content (AvgIpc) is 2.33. The van der Waals surface area contributed by atoms with E-state index in [2.05, 4.69) is 37.2 Å². The Kier molecular flexibility index (Phi) is 22.2. The zero-order valence-electron chi connectivity index (χ0n) is 50.1. The summed E-state index contributed by atoms with van der Waals surface area (Å²) < 4.78 is 13.8. The van der Waals surface area contributed by atoms with Gasteiger partial charge in [0.2, 0.25) is 53.2 Å². The summed E-state index contributed by atoms with van der Waals surface area (Å²) in [5.74, 6) is -6.25. The van der Waals surface area contributed by atoms with E-state index in [0.717, 1.165) is 27.8 Å². The second-order valence-corrected chi connectivity index (χ2v) is 23.8. The van der Waals surface area contributed by atoms with E-state index in [1.54, 1.807) is 33.0 Å². The van der Waals surface area contributed by atoms with Crippen LogP contribution in [0.5, 0.6) is 0 Å². The fraction of sp³-hybridized carbons (Fsp3) is 0.500. The molecular formula is C66H85FN10O9. The van der Waals surface area contributed by atoms with Crippen LogP contribution in [-0.2, 0) is 68.8 Å². The summed E-state index contributed by atoms with van der Waals surface area (Å²) in [6.45, 7) is 8.13. The Morgan fingerprint density at radius 3 is 1.58 bits per heavy atom. The molecule has 2 aliphatic carbocycles. The number of halogens is 1. The number of nitrogens with two attached hydrogens (primary N) is 1. The van der Waals surface area contributed by atoms with Crippen LogP contribution in [0.3, 0.4) is 0 Å². The minimum atomic E-state index is -1.08. The molecule has 8 rings (SSSR count). The monoisotopic (exact) mass is 1180 g/mol. The maximum Gasteiger partial charge on any atom is 0.246 e. The predicted molar refractivity (Wildman–Crippen MR) is 323 cm³/mol. The lowest BCUT2D eigenvalue weighted by Gasteiger charge is -2.36.